The van der Waals surface area contributed by atoms with Gasteiger partial charge in [-0.1, -0.05) is 0 Å². The lowest BCUT2D eigenvalue weighted by atomic mass is 10.0. The molecule has 0 unspecified atom stereocenters. The van der Waals surface area contributed by atoms with Crippen molar-refractivity contribution in [1.82, 2.24) is 52.5 Å². The number of amides is 9. The number of rotatable bonds is 50. The zero-order valence-electron chi connectivity index (χ0n) is 53.3. The molecule has 9 atom stereocenters. The van der Waals surface area contributed by atoms with Crippen molar-refractivity contribution in [1.29, 1.82) is 0 Å². The molecule has 0 saturated carbocycles. The fourth-order valence-corrected chi connectivity index (χ4v) is 8.83. The van der Waals surface area contributed by atoms with Crippen LogP contribution in [0.4, 0.5) is 0 Å². The summed E-state index contributed by atoms with van der Waals surface area (Å²) >= 11 is 0. The number of nitrogens with zero attached hydrogens (tertiary/aromatic N) is 7. The maximum Gasteiger partial charge on any atom is 0.326 e. The van der Waals surface area contributed by atoms with Gasteiger partial charge in [-0.25, -0.2) is 9.78 Å². The topological polar surface area (TPSA) is 780 Å². The van der Waals surface area contributed by atoms with E-state index in [1.54, 1.807) is 0 Å². The highest BCUT2D eigenvalue weighted by atomic mass is 16.4. The summed E-state index contributed by atoms with van der Waals surface area (Å²) in [5.74, 6) is -11.3. The molecular weight excluding hydrogens is 1250 g/mol. The molecule has 0 saturated heterocycles. The summed E-state index contributed by atoms with van der Waals surface area (Å²) in [5, 5.41) is 30.6. The van der Waals surface area contributed by atoms with E-state index in [0.717, 1.165) is 0 Å². The van der Waals surface area contributed by atoms with E-state index in [2.05, 4.69) is 82.5 Å². The molecule has 0 aromatic carbocycles. The molecule has 42 heteroatoms. The van der Waals surface area contributed by atoms with Crippen LogP contribution in [0, 0.1) is 0 Å². The zero-order valence-corrected chi connectivity index (χ0v) is 53.3. The number of carbonyl (C=O) groups is 10. The van der Waals surface area contributed by atoms with E-state index < -0.39 is 126 Å². The lowest BCUT2D eigenvalue weighted by molar-refractivity contribution is -0.142. The van der Waals surface area contributed by atoms with Crippen LogP contribution < -0.4 is 129 Å². The van der Waals surface area contributed by atoms with Gasteiger partial charge < -0.3 is 139 Å². The average Bonchev–Trinajstić information content (AvgIpc) is 1.47. The van der Waals surface area contributed by atoms with E-state index in [4.69, 9.17) is 86.0 Å². The van der Waals surface area contributed by atoms with Crippen LogP contribution in [0.2, 0.25) is 0 Å². The largest absolute Gasteiger partial charge is 0.480 e. The number of imidazole rings is 1. The van der Waals surface area contributed by atoms with E-state index in [0.29, 0.717) is 25.0 Å². The van der Waals surface area contributed by atoms with Crippen molar-refractivity contribution < 1.29 is 53.1 Å². The number of carboxylic acids is 1. The van der Waals surface area contributed by atoms with Gasteiger partial charge in [-0.2, -0.15) is 0 Å². The van der Waals surface area contributed by atoms with Gasteiger partial charge in [0.1, 0.15) is 48.3 Å². The van der Waals surface area contributed by atoms with Gasteiger partial charge in [-0.15, -0.1) is 0 Å². The molecule has 42 nitrogen and oxygen atoms in total. The molecule has 1 aromatic heterocycles. The number of carboxylic acid groups (broad SMARTS) is 1. The second-order valence-electron chi connectivity index (χ2n) is 21.7. The second kappa shape index (κ2) is 46.5. The molecule has 0 spiro atoms. The maximum absolute atomic E-state index is 14.7. The zero-order chi connectivity index (χ0) is 71.4. The predicted octanol–water partition coefficient (Wildman–Crippen LogP) is -11.0. The van der Waals surface area contributed by atoms with Crippen molar-refractivity contribution in [3.05, 3.63) is 18.2 Å². The predicted molar refractivity (Wildman–Crippen MR) is 354 cm³/mol. The number of nitrogens with two attached hydrogens (primary N) is 15. The van der Waals surface area contributed by atoms with E-state index in [1.807, 2.05) is 0 Å². The lowest BCUT2D eigenvalue weighted by Gasteiger charge is -2.28. The summed E-state index contributed by atoms with van der Waals surface area (Å²) in [5.41, 5.74) is 83.7. The standard InChI is InChI=1S/C53H101N31O11/c54-18-2-1-10-30(77-39(86)29(55)9-3-19-70-48(57)58)44(91)84-37(25-28-26-69-27-76-28)46(93)81-33(13-6-22-73-51(63)64)41(88)78-32(12-5-21-72-50(61)62)42(89)82-35(16-17-38(56)85)45(92)80-31(11-4-20-71-49(59)60)40(87)79-34(14-7-23-74-52(65)66)43(90)83-36(47(94)95)15-8-24-75-53(67)68/h26-27,29-37H,1-25,54-55H2,(H2,56,85)(H,69,76)(H,77,86)(H,78,88)(H,79,87)(H,80,92)(H,81,93)(H,82,89)(H,83,90)(H,84,91)(H,94,95)(H4,57,58,70)(H4,59,60,71)(H4,61,62,72)(H4,63,64,73)(H4,65,66,74)(H4,67,68,75)/t29-,30+,31+,32-,33+,34+,35+,36-,37+/m1/s1. The summed E-state index contributed by atoms with van der Waals surface area (Å²) in [6.07, 6.45) is 2.16. The van der Waals surface area contributed by atoms with Gasteiger partial charge in [0.05, 0.1) is 12.4 Å². The molecule has 1 rings (SSSR count). The number of aromatic nitrogens is 2. The van der Waals surface area contributed by atoms with E-state index in [-0.39, 0.29) is 165 Å². The number of nitrogens with one attached hydrogen (secondary N) is 9. The molecule has 0 aliphatic rings. The first-order chi connectivity index (χ1) is 44.9. The van der Waals surface area contributed by atoms with Gasteiger partial charge in [0.15, 0.2) is 35.8 Å². The third kappa shape index (κ3) is 38.2. The van der Waals surface area contributed by atoms with Crippen molar-refractivity contribution in [3.8, 4) is 0 Å². The number of carbonyl (C=O) groups excluding carboxylic acids is 9. The minimum Gasteiger partial charge on any atom is -0.480 e. The minimum atomic E-state index is -1.70. The number of H-pyrrole nitrogens is 1. The highest BCUT2D eigenvalue weighted by Gasteiger charge is 2.35. The number of primary amides is 1. The Kier molecular flexibility index (Phi) is 40.4. The van der Waals surface area contributed by atoms with E-state index >= 15 is 0 Å². The van der Waals surface area contributed by atoms with Crippen molar-refractivity contribution in [2.75, 3.05) is 45.8 Å². The molecule has 40 N–H and O–H groups in total. The maximum atomic E-state index is 14.7. The van der Waals surface area contributed by atoms with Crippen LogP contribution in [-0.2, 0) is 54.4 Å². The number of hydrogen-bond acceptors (Lipinski definition) is 19. The van der Waals surface area contributed by atoms with Crippen LogP contribution in [0.15, 0.2) is 42.5 Å². The second-order valence-corrected chi connectivity index (χ2v) is 21.7. The Morgan fingerprint density at radius 3 is 0.947 bits per heavy atom. The summed E-state index contributed by atoms with van der Waals surface area (Å²) in [6, 6.07) is -13.1. The smallest absolute Gasteiger partial charge is 0.326 e. The quantitative estimate of drug-likeness (QED) is 0.0164. The van der Waals surface area contributed by atoms with Crippen LogP contribution in [-0.4, -0.2) is 210 Å². The number of aliphatic carboxylic acids is 1. The van der Waals surface area contributed by atoms with Gasteiger partial charge in [0.2, 0.25) is 53.2 Å². The number of aromatic amines is 1. The Bertz CT molecular complexity index is 2770. The van der Waals surface area contributed by atoms with Gasteiger partial charge in [-0.05, 0) is 109 Å². The first-order valence-corrected chi connectivity index (χ1v) is 30.6. The van der Waals surface area contributed by atoms with Crippen LogP contribution in [0.1, 0.15) is 115 Å². The summed E-state index contributed by atoms with van der Waals surface area (Å²) in [7, 11) is 0. The lowest BCUT2D eigenvalue weighted by Crippen LogP contribution is -2.60. The molecule has 0 radical (unpaired) electrons. The molecule has 1 aromatic rings. The van der Waals surface area contributed by atoms with Crippen LogP contribution >= 0.6 is 0 Å². The van der Waals surface area contributed by atoms with Gasteiger partial charge in [-0.3, -0.25) is 73.1 Å². The Morgan fingerprint density at radius 2 is 0.653 bits per heavy atom. The highest BCUT2D eigenvalue weighted by molar-refractivity contribution is 5.98. The molecule has 534 valence electrons. The van der Waals surface area contributed by atoms with Gasteiger partial charge in [0.25, 0.3) is 0 Å². The number of unbranched alkanes of at least 4 members (excludes halogenated alkanes) is 1. The summed E-state index contributed by atoms with van der Waals surface area (Å²) in [4.78, 5) is 169. The molecule has 1 heterocycles. The van der Waals surface area contributed by atoms with E-state index in [9.17, 15) is 53.1 Å². The van der Waals surface area contributed by atoms with Crippen molar-refractivity contribution in [3.63, 3.8) is 0 Å². The average molecular weight is 1350 g/mol. The summed E-state index contributed by atoms with van der Waals surface area (Å²) < 4.78 is 0. The number of guanidine groups is 6. The fraction of sp³-hybridized carbons (Fsp3) is 0.642. The van der Waals surface area contributed by atoms with E-state index in [1.165, 1.54) is 12.5 Å². The Hall–Kier alpha value is -10.5. The molecule has 0 fully saturated rings. The molecule has 9 amide bonds. The Morgan fingerprint density at radius 1 is 0.379 bits per heavy atom. The SMILES string of the molecule is NCCCC[C@H](NC(=O)[C@H](N)CCCN=C(N)N)C(=O)N[C@@H](Cc1cnc[nH]1)C(=O)N[C@@H](CCCN=C(N)N)C(=O)N[C@H](CCCN=C(N)N)C(=O)N[C@@H](CCC(N)=O)C(=O)N[C@@H](CCCN=C(N)N)C(=O)N[C@@H](CCCN=C(N)N)C(=O)N[C@H](CCCN=C(N)N)C(=O)O. The first-order valence-electron chi connectivity index (χ1n) is 30.6. The van der Waals surface area contributed by atoms with Crippen molar-refractivity contribution in [2.24, 2.45) is 116 Å². The Labute approximate surface area is 548 Å². The Balaban J connectivity index is 3.86. The molecule has 0 aliphatic carbocycles. The van der Waals surface area contributed by atoms with Crippen molar-refractivity contribution in [2.45, 2.75) is 170 Å². The van der Waals surface area contributed by atoms with Crippen LogP contribution in [0.3, 0.4) is 0 Å². The normalized spacial score (nSPS) is 13.6. The number of hydrogen-bond donors (Lipinski definition) is 25. The highest BCUT2D eigenvalue weighted by Crippen LogP contribution is 2.12. The fourth-order valence-electron chi connectivity index (χ4n) is 8.83. The van der Waals surface area contributed by atoms with Gasteiger partial charge >= 0.3 is 5.97 Å². The molecule has 0 aliphatic heterocycles. The van der Waals surface area contributed by atoms with Gasteiger partial charge in [0, 0.05) is 64.0 Å². The van der Waals surface area contributed by atoms with Crippen LogP contribution in [0.25, 0.3) is 0 Å². The third-order valence-electron chi connectivity index (χ3n) is 13.7. The monoisotopic (exact) mass is 1350 g/mol. The minimum absolute atomic E-state index is 0.00396. The third-order valence-corrected chi connectivity index (χ3v) is 13.7. The molecular formula is C53H101N31O11. The molecule has 95 heavy (non-hydrogen) atoms. The molecule has 0 bridgehead atoms. The first kappa shape index (κ1) is 82.5. The number of aliphatic imine (C=N–C) groups is 6. The van der Waals surface area contributed by atoms with Crippen molar-refractivity contribution >= 4 is 94.9 Å². The summed E-state index contributed by atoms with van der Waals surface area (Å²) in [6.45, 7) is 0.260. The van der Waals surface area contributed by atoms with Crippen LogP contribution in [0.5, 0.6) is 0 Å².